The summed E-state index contributed by atoms with van der Waals surface area (Å²) in [7, 11) is 0. The number of para-hydroxylation sites is 1. The van der Waals surface area contributed by atoms with Crippen molar-refractivity contribution < 1.29 is 23.9 Å². The Balaban J connectivity index is 1.63. The molecule has 0 aliphatic carbocycles. The maximum absolute atomic E-state index is 13.7. The Morgan fingerprint density at radius 1 is 0.684 bits per heavy atom. The van der Waals surface area contributed by atoms with E-state index in [1.54, 1.807) is 24.3 Å². The lowest BCUT2D eigenvalue weighted by molar-refractivity contribution is -0.135. The summed E-state index contributed by atoms with van der Waals surface area (Å²) in [5.74, 6) is 0.201. The van der Waals surface area contributed by atoms with Crippen LogP contribution in [0.3, 0.4) is 0 Å². The number of hydrogen-bond acceptors (Lipinski definition) is 5. The second-order valence-corrected chi connectivity index (χ2v) is 9.66. The summed E-state index contributed by atoms with van der Waals surface area (Å²) in [5.41, 5.74) is 1.96. The number of unbranched alkanes of at least 4 members (excludes halogenated alkanes) is 4. The molecule has 3 aromatic carbocycles. The lowest BCUT2D eigenvalue weighted by Crippen LogP contribution is -2.37. The highest BCUT2D eigenvalue weighted by molar-refractivity contribution is 6.11. The van der Waals surface area contributed by atoms with Gasteiger partial charge in [0.05, 0.1) is 0 Å². The molecule has 0 fully saturated rings. The molecule has 4 rings (SSSR count). The van der Waals surface area contributed by atoms with Gasteiger partial charge in [-0.05, 0) is 54.3 Å². The first-order valence-corrected chi connectivity index (χ1v) is 13.5. The monoisotopic (exact) mass is 513 g/mol. The van der Waals surface area contributed by atoms with E-state index in [-0.39, 0.29) is 17.8 Å². The highest BCUT2D eigenvalue weighted by Gasteiger charge is 2.49. The van der Waals surface area contributed by atoms with Gasteiger partial charge in [-0.25, -0.2) is 0 Å². The van der Waals surface area contributed by atoms with Crippen molar-refractivity contribution in [3.63, 3.8) is 0 Å². The van der Waals surface area contributed by atoms with Crippen molar-refractivity contribution in [3.05, 3.63) is 89.5 Å². The van der Waals surface area contributed by atoms with Crippen LogP contribution in [0.15, 0.2) is 72.8 Å². The Bertz CT molecular complexity index is 1200. The van der Waals surface area contributed by atoms with Crippen LogP contribution >= 0.6 is 0 Å². The first-order chi connectivity index (χ1) is 18.5. The number of fused-ring (bicyclic) bond motifs is 1. The molecular formula is C32H35NO5. The van der Waals surface area contributed by atoms with Crippen LogP contribution in [-0.4, -0.2) is 17.8 Å². The molecule has 0 saturated carbocycles. The maximum Gasteiger partial charge on any atom is 0.311 e. The molecule has 1 aliphatic heterocycles. The third-order valence-corrected chi connectivity index (χ3v) is 6.93. The maximum atomic E-state index is 13.7. The van der Waals surface area contributed by atoms with Gasteiger partial charge in [0.25, 0.3) is 0 Å². The normalized spacial score (nSPS) is 13.5. The fourth-order valence-electron chi connectivity index (χ4n) is 4.95. The number of nitrogens with one attached hydrogen (secondary N) is 1. The van der Waals surface area contributed by atoms with Crippen molar-refractivity contribution in [1.82, 2.24) is 0 Å². The molecule has 198 valence electrons. The van der Waals surface area contributed by atoms with Gasteiger partial charge >= 0.3 is 11.9 Å². The summed E-state index contributed by atoms with van der Waals surface area (Å²) >= 11 is 0. The number of ether oxygens (including phenoxy) is 2. The number of rotatable bonds is 12. The van der Waals surface area contributed by atoms with E-state index >= 15 is 0 Å². The lowest BCUT2D eigenvalue weighted by atomic mass is 9.70. The number of amides is 1. The van der Waals surface area contributed by atoms with Crippen molar-refractivity contribution in [2.24, 2.45) is 0 Å². The summed E-state index contributed by atoms with van der Waals surface area (Å²) in [4.78, 5) is 38.1. The molecule has 6 nitrogen and oxygen atoms in total. The number of carbonyl (C=O) groups excluding carboxylic acids is 3. The van der Waals surface area contributed by atoms with E-state index in [1.165, 1.54) is 0 Å². The number of hydrogen-bond donors (Lipinski definition) is 1. The predicted molar refractivity (Wildman–Crippen MR) is 147 cm³/mol. The van der Waals surface area contributed by atoms with Gasteiger partial charge in [-0.15, -0.1) is 0 Å². The molecule has 0 bridgehead atoms. The van der Waals surface area contributed by atoms with E-state index < -0.39 is 5.41 Å². The fraction of sp³-hybridized carbons (Fsp3) is 0.344. The first-order valence-electron chi connectivity index (χ1n) is 13.5. The molecular weight excluding hydrogens is 478 g/mol. The van der Waals surface area contributed by atoms with Gasteiger partial charge in [-0.1, -0.05) is 82.0 Å². The van der Waals surface area contributed by atoms with E-state index in [0.29, 0.717) is 24.3 Å². The molecule has 3 aromatic rings. The number of benzene rings is 3. The highest BCUT2D eigenvalue weighted by Crippen LogP contribution is 2.48. The lowest BCUT2D eigenvalue weighted by Gasteiger charge is -2.29. The molecule has 1 heterocycles. The Kier molecular flexibility index (Phi) is 8.95. The van der Waals surface area contributed by atoms with Crippen LogP contribution in [-0.2, 0) is 19.8 Å². The summed E-state index contributed by atoms with van der Waals surface area (Å²) in [6, 6.07) is 21.9. The fourth-order valence-corrected chi connectivity index (χ4v) is 4.95. The van der Waals surface area contributed by atoms with Crippen LogP contribution in [0.25, 0.3) is 0 Å². The van der Waals surface area contributed by atoms with Crippen molar-refractivity contribution in [2.45, 2.75) is 70.6 Å². The largest absolute Gasteiger partial charge is 0.427 e. The molecule has 1 aliphatic rings. The zero-order valence-corrected chi connectivity index (χ0v) is 22.1. The minimum Gasteiger partial charge on any atom is -0.427 e. The molecule has 38 heavy (non-hydrogen) atoms. The SMILES string of the molecule is CCCCCC(=O)Oc1ccc(C2(c3ccc(OC(=O)CCCCC)cc3)C(=O)Nc3ccccc32)cc1. The topological polar surface area (TPSA) is 81.7 Å². The minimum absolute atomic E-state index is 0.174. The summed E-state index contributed by atoms with van der Waals surface area (Å²) in [5, 5.41) is 3.03. The number of carbonyl (C=O) groups is 3. The molecule has 6 heteroatoms. The van der Waals surface area contributed by atoms with Crippen LogP contribution in [0.1, 0.15) is 81.9 Å². The number of anilines is 1. The predicted octanol–water partition coefficient (Wildman–Crippen LogP) is 6.94. The van der Waals surface area contributed by atoms with Crippen LogP contribution < -0.4 is 14.8 Å². The Morgan fingerprint density at radius 3 is 1.63 bits per heavy atom. The van der Waals surface area contributed by atoms with Gasteiger partial charge in [0.1, 0.15) is 16.9 Å². The molecule has 0 atom stereocenters. The molecule has 0 unspecified atom stereocenters. The van der Waals surface area contributed by atoms with Gasteiger partial charge < -0.3 is 14.8 Å². The van der Waals surface area contributed by atoms with Crippen molar-refractivity contribution in [3.8, 4) is 11.5 Å². The van der Waals surface area contributed by atoms with Crippen LogP contribution in [0.2, 0.25) is 0 Å². The first kappa shape index (κ1) is 27.1. The molecule has 0 aromatic heterocycles. The zero-order chi connectivity index (χ0) is 27.0. The summed E-state index contributed by atoms with van der Waals surface area (Å²) in [6.45, 7) is 4.18. The standard InChI is InChI=1S/C32H35NO5/c1-3-5-7-13-29(34)37-25-19-15-23(16-20-25)32(27-11-9-10-12-28(27)33-31(32)36)24-17-21-26(22-18-24)38-30(35)14-8-6-4-2/h9-12,15-22H,3-8,13-14H2,1-2H3,(H,33,36). The average Bonchev–Trinajstić information content (AvgIpc) is 3.22. The molecule has 1 amide bonds. The second-order valence-electron chi connectivity index (χ2n) is 9.66. The van der Waals surface area contributed by atoms with Crippen molar-refractivity contribution in [1.29, 1.82) is 0 Å². The van der Waals surface area contributed by atoms with Crippen LogP contribution in [0, 0.1) is 0 Å². The Labute approximate surface area is 224 Å². The summed E-state index contributed by atoms with van der Waals surface area (Å²) in [6.07, 6.45) is 6.42. The van der Waals surface area contributed by atoms with Gasteiger partial charge in [0.15, 0.2) is 0 Å². The van der Waals surface area contributed by atoms with E-state index in [0.717, 1.165) is 60.9 Å². The van der Waals surface area contributed by atoms with E-state index in [4.69, 9.17) is 9.47 Å². The van der Waals surface area contributed by atoms with E-state index in [1.807, 2.05) is 48.5 Å². The van der Waals surface area contributed by atoms with E-state index in [2.05, 4.69) is 19.2 Å². The zero-order valence-electron chi connectivity index (χ0n) is 22.1. The quantitative estimate of drug-likeness (QED) is 0.161. The van der Waals surface area contributed by atoms with Gasteiger partial charge in [-0.3, -0.25) is 14.4 Å². The molecule has 0 saturated heterocycles. The smallest absolute Gasteiger partial charge is 0.311 e. The molecule has 1 N–H and O–H groups in total. The van der Waals surface area contributed by atoms with E-state index in [9.17, 15) is 14.4 Å². The van der Waals surface area contributed by atoms with Gasteiger partial charge in [-0.2, -0.15) is 0 Å². The van der Waals surface area contributed by atoms with Crippen molar-refractivity contribution >= 4 is 23.5 Å². The van der Waals surface area contributed by atoms with Crippen LogP contribution in [0.4, 0.5) is 5.69 Å². The number of esters is 2. The second kappa shape index (κ2) is 12.5. The van der Waals surface area contributed by atoms with Gasteiger partial charge in [0.2, 0.25) is 5.91 Å². The van der Waals surface area contributed by atoms with Crippen molar-refractivity contribution in [2.75, 3.05) is 5.32 Å². The minimum atomic E-state index is -1.11. The molecule has 0 spiro atoms. The third-order valence-electron chi connectivity index (χ3n) is 6.93. The van der Waals surface area contributed by atoms with Gasteiger partial charge in [0, 0.05) is 24.1 Å². The Morgan fingerprint density at radius 2 is 1.16 bits per heavy atom. The molecule has 0 radical (unpaired) electrons. The van der Waals surface area contributed by atoms with Crippen LogP contribution in [0.5, 0.6) is 11.5 Å². The summed E-state index contributed by atoms with van der Waals surface area (Å²) < 4.78 is 11.0. The average molecular weight is 514 g/mol. The highest BCUT2D eigenvalue weighted by atomic mass is 16.5. The third kappa shape index (κ3) is 5.80. The Hall–Kier alpha value is -3.93.